The van der Waals surface area contributed by atoms with Crippen LogP contribution in [-0.2, 0) is 24.7 Å². The van der Waals surface area contributed by atoms with Gasteiger partial charge >= 0.3 is 47.4 Å². The molecule has 2 aromatic carbocycles. The predicted octanol–water partition coefficient (Wildman–Crippen LogP) is 11.7. The monoisotopic (exact) mass is 752 g/mol. The topological polar surface area (TPSA) is 52.0 Å². The van der Waals surface area contributed by atoms with Gasteiger partial charge in [0.25, 0.3) is 0 Å². The zero-order chi connectivity index (χ0) is 39.4. The average molecular weight is 753 g/mol. The van der Waals surface area contributed by atoms with Gasteiger partial charge in [-0.2, -0.15) is 70.2 Å². The fourth-order valence-electron chi connectivity index (χ4n) is 5.22. The molecule has 18 heteroatoms. The van der Waals surface area contributed by atoms with E-state index in [2.05, 4.69) is 0 Å². The highest BCUT2D eigenvalue weighted by Gasteiger charge is 2.95. The number of hydrogen-bond acceptors (Lipinski definition) is 2. The van der Waals surface area contributed by atoms with Crippen LogP contribution in [0.4, 0.5) is 81.6 Å². The first kappa shape index (κ1) is 43.1. The molecule has 0 heterocycles. The van der Waals surface area contributed by atoms with Crippen molar-refractivity contribution in [3.63, 3.8) is 0 Å². The molecule has 2 rings (SSSR count). The van der Waals surface area contributed by atoms with E-state index in [0.717, 1.165) is 0 Å². The molecule has 2 atom stereocenters. The third-order valence-corrected chi connectivity index (χ3v) is 9.13. The fourth-order valence-corrected chi connectivity index (χ4v) is 5.22. The van der Waals surface area contributed by atoms with Crippen LogP contribution in [-0.4, -0.2) is 35.5 Å². The highest BCUT2D eigenvalue weighted by atomic mass is 19.4. The van der Waals surface area contributed by atoms with Gasteiger partial charge in [-0.15, -0.1) is 0 Å². The molecule has 286 valence electrons. The smallest absolute Gasteiger partial charge is 0.385 e. The van der Waals surface area contributed by atoms with Crippen LogP contribution >= 0.6 is 0 Å². The summed E-state index contributed by atoms with van der Waals surface area (Å²) in [6, 6.07) is 0.319. The molecule has 0 spiro atoms. The van der Waals surface area contributed by atoms with Gasteiger partial charge in [-0.1, -0.05) is 41.5 Å². The van der Waals surface area contributed by atoms with Gasteiger partial charge in [0.1, 0.15) is 0 Å². The average Bonchev–Trinajstić information content (AvgIpc) is 3.03. The van der Waals surface area contributed by atoms with E-state index in [1.165, 1.54) is 41.5 Å². The fraction of sp³-hybridized carbons (Fsp3) is 0.625. The molecule has 50 heavy (non-hydrogen) atoms. The molecule has 0 saturated heterocycles. The van der Waals surface area contributed by atoms with Crippen LogP contribution in [0.3, 0.4) is 0 Å². The highest BCUT2D eigenvalue weighted by Crippen LogP contribution is 2.66. The van der Waals surface area contributed by atoms with Gasteiger partial charge in [0.15, 0.2) is 0 Å². The lowest BCUT2D eigenvalue weighted by Crippen LogP contribution is -2.74. The van der Waals surface area contributed by atoms with Gasteiger partial charge in [0, 0.05) is 22.5 Å². The van der Waals surface area contributed by atoms with E-state index in [4.69, 9.17) is 11.5 Å². The summed E-state index contributed by atoms with van der Waals surface area (Å²) in [5.74, 6) is -64.0. The van der Waals surface area contributed by atoms with Crippen LogP contribution in [0.5, 0.6) is 0 Å². The zero-order valence-electron chi connectivity index (χ0n) is 27.5. The van der Waals surface area contributed by atoms with Crippen LogP contribution in [0, 0.1) is 0 Å². The number of nitrogen functional groups attached to an aromatic ring is 2. The van der Waals surface area contributed by atoms with Crippen LogP contribution in [0.1, 0.15) is 99.6 Å². The Kier molecular flexibility index (Phi) is 11.6. The first-order chi connectivity index (χ1) is 22.4. The third-order valence-electron chi connectivity index (χ3n) is 9.13. The summed E-state index contributed by atoms with van der Waals surface area (Å²) in [4.78, 5) is 0. The summed E-state index contributed by atoms with van der Waals surface area (Å²) in [6.07, 6.45) is -0.528. The molecule has 0 aliphatic heterocycles. The molecule has 0 aliphatic carbocycles. The Balaban J connectivity index is 2.81. The van der Waals surface area contributed by atoms with Crippen molar-refractivity contribution < 1.29 is 70.2 Å². The lowest BCUT2D eigenvalue weighted by atomic mass is 9.83. The molecule has 0 fully saturated rings. The van der Waals surface area contributed by atoms with E-state index in [1.54, 1.807) is 0 Å². The van der Waals surface area contributed by atoms with Crippen molar-refractivity contribution in [2.45, 2.75) is 126 Å². The molecule has 0 radical (unpaired) electrons. The summed E-state index contributed by atoms with van der Waals surface area (Å²) >= 11 is 0. The molecular weight excluding hydrogens is 716 g/mol. The Morgan fingerprint density at radius 2 is 0.680 bits per heavy atom. The molecular formula is C32H36F16N2. The number of rotatable bonds is 15. The van der Waals surface area contributed by atoms with Crippen molar-refractivity contribution in [1.29, 1.82) is 0 Å². The maximum atomic E-state index is 15.2. The second kappa shape index (κ2) is 13.5. The van der Waals surface area contributed by atoms with E-state index in [0.29, 0.717) is 0 Å². The summed E-state index contributed by atoms with van der Waals surface area (Å²) in [6.45, 7) is 7.98. The number of benzene rings is 2. The minimum atomic E-state index is -8.53. The number of nitrogens with two attached hydrogens (primary N) is 2. The minimum Gasteiger partial charge on any atom is -0.398 e. The van der Waals surface area contributed by atoms with Crippen molar-refractivity contribution in [2.75, 3.05) is 11.5 Å². The quantitative estimate of drug-likeness (QED) is 0.141. The van der Waals surface area contributed by atoms with Crippen LogP contribution < -0.4 is 11.5 Å². The molecule has 2 nitrogen and oxygen atoms in total. The summed E-state index contributed by atoms with van der Waals surface area (Å²) in [5, 5.41) is 0. The van der Waals surface area contributed by atoms with Gasteiger partial charge in [-0.25, -0.2) is 0 Å². The first-order valence-electron chi connectivity index (χ1n) is 15.2. The highest BCUT2D eigenvalue weighted by molar-refractivity contribution is 5.59. The molecule has 0 aromatic heterocycles. The van der Waals surface area contributed by atoms with Crippen LogP contribution in [0.2, 0.25) is 0 Å². The van der Waals surface area contributed by atoms with Crippen molar-refractivity contribution in [1.82, 2.24) is 0 Å². The number of halogens is 16. The Labute approximate surface area is 277 Å². The minimum absolute atomic E-state index is 0.0651. The van der Waals surface area contributed by atoms with Crippen molar-refractivity contribution in [3.8, 4) is 0 Å². The zero-order valence-corrected chi connectivity index (χ0v) is 27.5. The summed E-state index contributed by atoms with van der Waals surface area (Å²) in [7, 11) is 0. The van der Waals surface area contributed by atoms with Gasteiger partial charge in [0.2, 0.25) is 0 Å². The Morgan fingerprint density at radius 3 is 0.900 bits per heavy atom. The van der Waals surface area contributed by atoms with Crippen LogP contribution in [0.25, 0.3) is 0 Å². The third kappa shape index (κ3) is 6.03. The van der Waals surface area contributed by atoms with Crippen LogP contribution in [0.15, 0.2) is 24.3 Å². The maximum absolute atomic E-state index is 15.2. The standard InChI is InChI=1S/C32H36F16N2/c1-7-15(5)21-13-19(11-17(9-3)23(21)49)25(33,34)27(37,38)29(41,42)31(45,46)32(47,48)30(43,44)28(39,40)26(35,36)20-12-18(10-4)24(50)22(14-20)16(6)8-2/h11-16H,7-10,49-50H2,1-6H3. The van der Waals surface area contributed by atoms with E-state index in [-0.39, 0.29) is 72.5 Å². The molecule has 2 aromatic rings. The largest absolute Gasteiger partial charge is 0.398 e. The van der Waals surface area contributed by atoms with Gasteiger partial charge in [0.05, 0.1) is 0 Å². The first-order valence-corrected chi connectivity index (χ1v) is 15.2. The van der Waals surface area contributed by atoms with Crippen molar-refractivity contribution in [3.05, 3.63) is 57.6 Å². The second-order valence-electron chi connectivity index (χ2n) is 12.2. The Hall–Kier alpha value is -3.08. The number of alkyl halides is 16. The van der Waals surface area contributed by atoms with E-state index < -0.39 is 81.5 Å². The molecule has 0 bridgehead atoms. The lowest BCUT2D eigenvalue weighted by Gasteiger charge is -2.44. The second-order valence-corrected chi connectivity index (χ2v) is 12.2. The molecule has 0 saturated carbocycles. The number of anilines is 2. The molecule has 2 unspecified atom stereocenters. The number of aryl methyl sites for hydroxylation is 2. The molecule has 0 amide bonds. The Morgan fingerprint density at radius 1 is 0.440 bits per heavy atom. The maximum Gasteiger partial charge on any atom is 0.385 e. The SMILES string of the molecule is CCc1cc(C(F)(F)C(F)(F)C(F)(F)C(F)(F)C(F)(F)C(F)(F)C(F)(F)C(F)(F)c2cc(CC)c(N)c(C(C)CC)c2)cc(C(C)CC)c1N. The molecule has 0 aliphatic rings. The van der Waals surface area contributed by atoms with Gasteiger partial charge in [-0.05, 0) is 84.0 Å². The summed E-state index contributed by atoms with van der Waals surface area (Å²) < 4.78 is 239. The number of hydrogen-bond donors (Lipinski definition) is 2. The van der Waals surface area contributed by atoms with Gasteiger partial charge < -0.3 is 11.5 Å². The van der Waals surface area contributed by atoms with E-state index in [9.17, 15) is 52.7 Å². The van der Waals surface area contributed by atoms with Crippen molar-refractivity contribution in [2.24, 2.45) is 0 Å². The van der Waals surface area contributed by atoms with E-state index in [1.807, 2.05) is 0 Å². The van der Waals surface area contributed by atoms with Gasteiger partial charge in [-0.3, -0.25) is 0 Å². The lowest BCUT2D eigenvalue weighted by molar-refractivity contribution is -0.456. The normalized spacial score (nSPS) is 15.7. The summed E-state index contributed by atoms with van der Waals surface area (Å²) in [5.41, 5.74) is 5.08. The molecule has 4 N–H and O–H groups in total. The van der Waals surface area contributed by atoms with E-state index >= 15 is 17.6 Å². The predicted molar refractivity (Wildman–Crippen MR) is 155 cm³/mol. The Bertz CT molecular complexity index is 1420. The van der Waals surface area contributed by atoms with Crippen molar-refractivity contribution >= 4 is 11.4 Å².